The fraction of sp³-hybridized carbons (Fsp3) is 0.133. The number of hydrogen-bond donors (Lipinski definition) is 0. The van der Waals surface area contributed by atoms with E-state index >= 15 is 0 Å². The number of rotatable bonds is 2. The summed E-state index contributed by atoms with van der Waals surface area (Å²) in [6.07, 6.45) is 0. The van der Waals surface area contributed by atoms with Gasteiger partial charge in [-0.1, -0.05) is 133 Å². The van der Waals surface area contributed by atoms with Crippen molar-refractivity contribution in [3.05, 3.63) is 175 Å². The van der Waals surface area contributed by atoms with Crippen LogP contribution in [0.2, 0.25) is 0 Å². The van der Waals surface area contributed by atoms with Crippen LogP contribution in [0.25, 0.3) is 126 Å². The lowest BCUT2D eigenvalue weighted by molar-refractivity contribution is 0.590. The first-order chi connectivity index (χ1) is 30.5. The zero-order valence-corrected chi connectivity index (χ0v) is 36.4. The Morgan fingerprint density at radius 3 is 1.68 bits per heavy atom. The maximum Gasteiger partial charge on any atom is 0.0627 e. The molecule has 0 amide bonds. The van der Waals surface area contributed by atoms with Crippen LogP contribution < -0.4 is 0 Å². The number of nitrogens with zero attached hydrogens (tertiary/aromatic N) is 3. The van der Waals surface area contributed by atoms with E-state index in [0.29, 0.717) is 0 Å². The summed E-state index contributed by atoms with van der Waals surface area (Å²) >= 11 is 0. The average Bonchev–Trinajstić information content (AvgIpc) is 4.07. The molecule has 14 rings (SSSR count). The van der Waals surface area contributed by atoms with Crippen molar-refractivity contribution >= 4 is 109 Å². The molecule has 3 heteroatoms. The topological polar surface area (TPSA) is 13.8 Å². The first-order valence-electron chi connectivity index (χ1n) is 22.4. The zero-order valence-electron chi connectivity index (χ0n) is 36.4. The van der Waals surface area contributed by atoms with E-state index < -0.39 is 0 Å². The lowest BCUT2D eigenvalue weighted by Gasteiger charge is -2.20. The Kier molecular flexibility index (Phi) is 6.58. The molecule has 0 bridgehead atoms. The highest BCUT2D eigenvalue weighted by molar-refractivity contribution is 6.34. The van der Waals surface area contributed by atoms with E-state index in [0.717, 1.165) is 0 Å². The smallest absolute Gasteiger partial charge is 0.0627 e. The van der Waals surface area contributed by atoms with Crippen LogP contribution in [-0.4, -0.2) is 13.4 Å². The Hall–Kier alpha value is -7.36. The third-order valence-corrected chi connectivity index (χ3v) is 14.5. The molecule has 14 aromatic rings. The fourth-order valence-electron chi connectivity index (χ4n) is 11.5. The van der Waals surface area contributed by atoms with Crippen molar-refractivity contribution in [3.63, 3.8) is 0 Å². The highest BCUT2D eigenvalue weighted by Crippen LogP contribution is 2.49. The quantitative estimate of drug-likeness (QED) is 0.165. The monoisotopic (exact) mass is 807 g/mol. The Bertz CT molecular complexity index is 4250. The van der Waals surface area contributed by atoms with E-state index in [1.54, 1.807) is 0 Å². The van der Waals surface area contributed by atoms with Gasteiger partial charge in [-0.2, -0.15) is 0 Å². The van der Waals surface area contributed by atoms with E-state index in [1.807, 2.05) is 0 Å². The molecular weight excluding hydrogens is 763 g/mol. The van der Waals surface area contributed by atoms with Crippen molar-refractivity contribution in [1.82, 2.24) is 13.4 Å². The minimum Gasteiger partial charge on any atom is -0.309 e. The summed E-state index contributed by atoms with van der Waals surface area (Å²) in [4.78, 5) is 0. The van der Waals surface area contributed by atoms with Crippen LogP contribution in [0, 0.1) is 0 Å². The van der Waals surface area contributed by atoms with Gasteiger partial charge in [0, 0.05) is 65.1 Å². The van der Waals surface area contributed by atoms with Crippen molar-refractivity contribution < 1.29 is 0 Å². The molecule has 0 unspecified atom stereocenters. The van der Waals surface area contributed by atoms with Crippen LogP contribution in [0.5, 0.6) is 0 Å². The van der Waals surface area contributed by atoms with Crippen molar-refractivity contribution in [1.29, 1.82) is 0 Å². The molecule has 300 valence electrons. The van der Waals surface area contributed by atoms with Crippen LogP contribution in [0.3, 0.4) is 0 Å². The highest BCUT2D eigenvalue weighted by Gasteiger charge is 2.27. The van der Waals surface area contributed by atoms with Gasteiger partial charge >= 0.3 is 0 Å². The summed E-state index contributed by atoms with van der Waals surface area (Å²) in [5.41, 5.74) is 16.6. The highest BCUT2D eigenvalue weighted by atomic mass is 15.0. The Morgan fingerprint density at radius 1 is 0.333 bits per heavy atom. The van der Waals surface area contributed by atoms with Gasteiger partial charge in [-0.05, 0) is 111 Å². The van der Waals surface area contributed by atoms with Crippen molar-refractivity contribution in [2.75, 3.05) is 0 Å². The third kappa shape index (κ3) is 4.54. The largest absolute Gasteiger partial charge is 0.309 e. The molecule has 3 nitrogen and oxygen atoms in total. The third-order valence-electron chi connectivity index (χ3n) is 14.5. The first kappa shape index (κ1) is 35.3. The van der Waals surface area contributed by atoms with Gasteiger partial charge in [-0.3, -0.25) is 0 Å². The minimum absolute atomic E-state index is 0.0111. The van der Waals surface area contributed by atoms with Gasteiger partial charge in [0.15, 0.2) is 0 Å². The Morgan fingerprint density at radius 2 is 0.921 bits per heavy atom. The molecule has 0 atom stereocenters. The number of benzene rings is 9. The van der Waals surface area contributed by atoms with Crippen LogP contribution in [0.15, 0.2) is 164 Å². The number of fused-ring (bicyclic) bond motifs is 17. The van der Waals surface area contributed by atoms with Crippen LogP contribution in [0.4, 0.5) is 0 Å². The predicted molar refractivity (Wildman–Crippen MR) is 270 cm³/mol. The normalized spacial score (nSPS) is 13.2. The van der Waals surface area contributed by atoms with Crippen molar-refractivity contribution in [3.8, 4) is 16.8 Å². The van der Waals surface area contributed by atoms with E-state index in [4.69, 9.17) is 0 Å². The SMILES string of the molecule is CC(C)(C)c1ccc2c(c1)c1cc(C(C)(C)C)cc3c4cc5c(cc4n2c13)c1cc2ccccc2c2c3cccc(-c4ccc6c(c4)c4ccccc4n6-c4ccccc4)c3n5c12. The summed E-state index contributed by atoms with van der Waals surface area (Å²) in [5.74, 6) is 0. The summed E-state index contributed by atoms with van der Waals surface area (Å²) in [6.45, 7) is 14.0. The van der Waals surface area contributed by atoms with Crippen molar-refractivity contribution in [2.45, 2.75) is 52.4 Å². The second-order valence-electron chi connectivity index (χ2n) is 20.2. The molecule has 0 fully saturated rings. The molecule has 0 spiro atoms. The summed E-state index contributed by atoms with van der Waals surface area (Å²) in [5, 5.41) is 15.6. The number of hydrogen-bond acceptors (Lipinski definition) is 0. The molecule has 63 heavy (non-hydrogen) atoms. The maximum atomic E-state index is 2.63. The second kappa shape index (κ2) is 11.8. The van der Waals surface area contributed by atoms with Gasteiger partial charge in [0.1, 0.15) is 0 Å². The van der Waals surface area contributed by atoms with E-state index in [1.165, 1.54) is 137 Å². The van der Waals surface area contributed by atoms with Gasteiger partial charge < -0.3 is 13.4 Å². The predicted octanol–water partition coefficient (Wildman–Crippen LogP) is 16.5. The van der Waals surface area contributed by atoms with Gasteiger partial charge in [-0.25, -0.2) is 0 Å². The van der Waals surface area contributed by atoms with Gasteiger partial charge in [0.2, 0.25) is 0 Å². The molecule has 0 aliphatic rings. The molecular formula is C60H45N3. The van der Waals surface area contributed by atoms with Gasteiger partial charge in [0.05, 0.1) is 44.1 Å². The molecule has 5 heterocycles. The fourth-order valence-corrected chi connectivity index (χ4v) is 11.5. The molecule has 0 aliphatic carbocycles. The van der Waals surface area contributed by atoms with E-state index in [2.05, 4.69) is 219 Å². The Balaban J connectivity index is 1.14. The van der Waals surface area contributed by atoms with Crippen molar-refractivity contribution in [2.24, 2.45) is 0 Å². The van der Waals surface area contributed by atoms with Gasteiger partial charge in [-0.15, -0.1) is 0 Å². The lowest BCUT2D eigenvalue weighted by atomic mass is 9.84. The molecule has 9 aromatic carbocycles. The average molecular weight is 808 g/mol. The summed E-state index contributed by atoms with van der Waals surface area (Å²) in [6, 6.07) is 62.3. The second-order valence-corrected chi connectivity index (χ2v) is 20.2. The first-order valence-corrected chi connectivity index (χ1v) is 22.4. The molecule has 0 saturated heterocycles. The molecule has 0 saturated carbocycles. The van der Waals surface area contributed by atoms with Gasteiger partial charge in [0.25, 0.3) is 0 Å². The zero-order chi connectivity index (χ0) is 42.3. The molecule has 0 N–H and O–H groups in total. The van der Waals surface area contributed by atoms with E-state index in [9.17, 15) is 0 Å². The van der Waals surface area contributed by atoms with Crippen LogP contribution >= 0.6 is 0 Å². The van der Waals surface area contributed by atoms with Crippen LogP contribution in [-0.2, 0) is 10.8 Å². The summed E-state index contributed by atoms with van der Waals surface area (Å²) < 4.78 is 7.61. The minimum atomic E-state index is -0.0111. The number of aromatic nitrogens is 3. The molecule has 0 aliphatic heterocycles. The summed E-state index contributed by atoms with van der Waals surface area (Å²) in [7, 11) is 0. The standard InChI is InChI=1S/C60H45N3/c1-59(2,3)36-24-26-52-44(29-36)48-30-37(60(4,5)6)31-49-46-33-54-45(32-53(46)62(52)57(48)49)47-28-34-15-10-11-18-39(34)55-42-21-14-20-40(56(42)63(54)58(47)55)35-23-25-51-43(27-35)41-19-12-13-22-50(41)61(51)38-16-8-7-9-17-38/h7-33H,1-6H3. The maximum absolute atomic E-state index is 2.63. The Labute approximate surface area is 364 Å². The van der Waals surface area contributed by atoms with E-state index in [-0.39, 0.29) is 10.8 Å². The van der Waals surface area contributed by atoms with Crippen LogP contribution in [0.1, 0.15) is 52.7 Å². The molecule has 5 aromatic heterocycles. The number of para-hydroxylation sites is 3. The lowest BCUT2D eigenvalue weighted by Crippen LogP contribution is -2.11. The molecule has 0 radical (unpaired) electrons.